The Morgan fingerprint density at radius 2 is 1.69 bits per heavy atom. The van der Waals surface area contributed by atoms with Gasteiger partial charge in [-0.25, -0.2) is 0 Å². The molecule has 0 aromatic carbocycles. The molecule has 0 unspecified atom stereocenters. The van der Waals surface area contributed by atoms with E-state index < -0.39 is 0 Å². The highest BCUT2D eigenvalue weighted by molar-refractivity contribution is 5.22. The molecule has 0 saturated heterocycles. The topological polar surface area (TPSA) is 12.9 Å². The van der Waals surface area contributed by atoms with Crippen LogP contribution in [-0.4, -0.2) is 4.98 Å². The molecule has 0 amide bonds. The van der Waals surface area contributed by atoms with Gasteiger partial charge in [-0.2, -0.15) is 0 Å². The van der Waals surface area contributed by atoms with E-state index in [4.69, 9.17) is 0 Å². The predicted molar refractivity (Wildman–Crippen MR) is 72.9 cm³/mol. The lowest BCUT2D eigenvalue weighted by molar-refractivity contribution is 0.556. The summed E-state index contributed by atoms with van der Waals surface area (Å²) in [4.78, 5) is 4.36. The minimum atomic E-state index is 0.721. The van der Waals surface area contributed by atoms with Crippen LogP contribution in [0.3, 0.4) is 0 Å². The highest BCUT2D eigenvalue weighted by Crippen LogP contribution is 2.27. The van der Waals surface area contributed by atoms with Gasteiger partial charge in [-0.1, -0.05) is 46.6 Å². The maximum atomic E-state index is 4.36. The van der Waals surface area contributed by atoms with Gasteiger partial charge in [-0.3, -0.25) is 4.98 Å². The molecular weight excluding hydrogens is 194 g/mol. The number of hydrogen-bond donors (Lipinski definition) is 0. The second kappa shape index (κ2) is 9.38. The zero-order valence-electron chi connectivity index (χ0n) is 11.6. The van der Waals surface area contributed by atoms with Crippen LogP contribution < -0.4 is 0 Å². The first-order valence-electron chi connectivity index (χ1n) is 6.71. The van der Waals surface area contributed by atoms with Crippen molar-refractivity contribution in [3.63, 3.8) is 0 Å². The molecule has 0 aliphatic rings. The van der Waals surface area contributed by atoms with Crippen LogP contribution in [0.5, 0.6) is 0 Å². The number of hydrogen-bond acceptors (Lipinski definition) is 1. The van der Waals surface area contributed by atoms with E-state index in [0.717, 1.165) is 5.92 Å². The summed E-state index contributed by atoms with van der Waals surface area (Å²) in [5.41, 5.74) is 2.66. The van der Waals surface area contributed by atoms with Crippen LogP contribution in [0.1, 0.15) is 70.6 Å². The molecule has 0 aliphatic heterocycles. The van der Waals surface area contributed by atoms with Crippen molar-refractivity contribution < 1.29 is 0 Å². The van der Waals surface area contributed by atoms with Crippen molar-refractivity contribution in [2.45, 2.75) is 66.2 Å². The van der Waals surface area contributed by atoms with Crippen molar-refractivity contribution in [3.05, 3.63) is 29.6 Å². The van der Waals surface area contributed by atoms with Crippen LogP contribution in [0.25, 0.3) is 0 Å². The number of nitrogens with zero attached hydrogens (tertiary/aromatic N) is 1. The van der Waals surface area contributed by atoms with Crippen LogP contribution in [0.15, 0.2) is 18.3 Å². The molecule has 0 spiro atoms. The quantitative estimate of drug-likeness (QED) is 0.674. The highest BCUT2D eigenvalue weighted by atomic mass is 14.7. The third-order valence-electron chi connectivity index (χ3n) is 2.76. The minimum absolute atomic E-state index is 0.721. The van der Waals surface area contributed by atoms with Crippen LogP contribution in [0.4, 0.5) is 0 Å². The lowest BCUT2D eigenvalue weighted by Crippen LogP contribution is -2.01. The highest BCUT2D eigenvalue weighted by Gasteiger charge is 2.11. The van der Waals surface area contributed by atoms with Crippen molar-refractivity contribution in [2.24, 2.45) is 0 Å². The fourth-order valence-corrected chi connectivity index (χ4v) is 2.08. The zero-order chi connectivity index (χ0) is 12.4. The lowest BCUT2D eigenvalue weighted by atomic mass is 9.90. The number of pyridine rings is 1. The normalized spacial score (nSPS) is 9.88. The monoisotopic (exact) mass is 221 g/mol. The van der Waals surface area contributed by atoms with Gasteiger partial charge in [0.15, 0.2) is 0 Å². The molecule has 92 valence electrons. The molecule has 1 aromatic heterocycles. The Bertz CT molecular complexity index is 262. The molecule has 0 bridgehead atoms. The van der Waals surface area contributed by atoms with E-state index in [1.165, 1.54) is 36.9 Å². The fourth-order valence-electron chi connectivity index (χ4n) is 2.08. The summed E-state index contributed by atoms with van der Waals surface area (Å²) in [6, 6.07) is 4.29. The van der Waals surface area contributed by atoms with Crippen LogP contribution >= 0.6 is 0 Å². The Labute approximate surface area is 101 Å². The van der Waals surface area contributed by atoms with Crippen LogP contribution in [-0.2, 0) is 0 Å². The number of rotatable bonds is 5. The molecule has 0 N–H and O–H groups in total. The molecule has 1 heteroatoms. The standard InChI is InChI=1S/C13H21N.C2H6/c1-4-7-12(8-5-2)13-9-6-10-14-11(13)3;1-2/h6,9-10,12H,4-5,7-8H2,1-3H3;1-2H3. The SMILES string of the molecule is CC.CCCC(CCC)c1cccnc1C. The Morgan fingerprint density at radius 1 is 1.12 bits per heavy atom. The molecule has 1 aromatic rings. The number of aromatic nitrogens is 1. The van der Waals surface area contributed by atoms with Crippen molar-refractivity contribution in [1.29, 1.82) is 0 Å². The van der Waals surface area contributed by atoms with Gasteiger partial charge < -0.3 is 0 Å². The van der Waals surface area contributed by atoms with E-state index >= 15 is 0 Å². The van der Waals surface area contributed by atoms with Gasteiger partial charge in [0.05, 0.1) is 0 Å². The first-order valence-corrected chi connectivity index (χ1v) is 6.71. The van der Waals surface area contributed by atoms with Crippen molar-refractivity contribution in [2.75, 3.05) is 0 Å². The van der Waals surface area contributed by atoms with E-state index in [9.17, 15) is 0 Å². The Balaban J connectivity index is 0.00000106. The van der Waals surface area contributed by atoms with Crippen molar-refractivity contribution >= 4 is 0 Å². The van der Waals surface area contributed by atoms with E-state index in [1.807, 2.05) is 20.0 Å². The molecule has 0 radical (unpaired) electrons. The molecule has 16 heavy (non-hydrogen) atoms. The molecule has 1 rings (SSSR count). The zero-order valence-corrected chi connectivity index (χ0v) is 11.6. The molecule has 0 atom stereocenters. The molecule has 0 saturated carbocycles. The second-order valence-corrected chi connectivity index (χ2v) is 3.95. The van der Waals surface area contributed by atoms with Crippen LogP contribution in [0, 0.1) is 6.92 Å². The summed E-state index contributed by atoms with van der Waals surface area (Å²) < 4.78 is 0. The van der Waals surface area contributed by atoms with Gasteiger partial charge in [0.1, 0.15) is 0 Å². The lowest BCUT2D eigenvalue weighted by Gasteiger charge is -2.17. The first kappa shape index (κ1) is 15.2. The number of aryl methyl sites for hydroxylation is 1. The van der Waals surface area contributed by atoms with Gasteiger partial charge in [-0.05, 0) is 37.3 Å². The third kappa shape index (κ3) is 4.78. The summed E-state index contributed by atoms with van der Waals surface area (Å²) in [5, 5.41) is 0. The van der Waals surface area contributed by atoms with E-state index in [-0.39, 0.29) is 0 Å². The molecule has 1 nitrogen and oxygen atoms in total. The molecule has 0 aliphatic carbocycles. The van der Waals surface area contributed by atoms with E-state index in [0.29, 0.717) is 0 Å². The summed E-state index contributed by atoms with van der Waals surface area (Å²) in [6.45, 7) is 10.6. The second-order valence-electron chi connectivity index (χ2n) is 3.95. The van der Waals surface area contributed by atoms with Crippen LogP contribution in [0.2, 0.25) is 0 Å². The van der Waals surface area contributed by atoms with Crippen molar-refractivity contribution in [1.82, 2.24) is 4.98 Å². The van der Waals surface area contributed by atoms with Crippen molar-refractivity contribution in [3.8, 4) is 0 Å². The minimum Gasteiger partial charge on any atom is -0.261 e. The summed E-state index contributed by atoms with van der Waals surface area (Å²) in [6.07, 6.45) is 6.99. The Hall–Kier alpha value is -0.850. The maximum Gasteiger partial charge on any atom is 0.0407 e. The fraction of sp³-hybridized carbons (Fsp3) is 0.667. The maximum absolute atomic E-state index is 4.36. The van der Waals surface area contributed by atoms with E-state index in [2.05, 4.69) is 37.9 Å². The predicted octanol–water partition coefficient (Wildman–Crippen LogP) is 5.10. The molecule has 1 heterocycles. The Morgan fingerprint density at radius 3 is 2.12 bits per heavy atom. The average Bonchev–Trinajstić information content (AvgIpc) is 2.32. The summed E-state index contributed by atoms with van der Waals surface area (Å²) in [7, 11) is 0. The first-order chi connectivity index (χ1) is 7.79. The van der Waals surface area contributed by atoms with Gasteiger partial charge in [0.2, 0.25) is 0 Å². The van der Waals surface area contributed by atoms with Gasteiger partial charge in [0.25, 0.3) is 0 Å². The largest absolute Gasteiger partial charge is 0.261 e. The Kier molecular flexibility index (Phi) is 8.88. The van der Waals surface area contributed by atoms with Gasteiger partial charge in [0, 0.05) is 11.9 Å². The summed E-state index contributed by atoms with van der Waals surface area (Å²) in [5.74, 6) is 0.721. The molecule has 0 fully saturated rings. The van der Waals surface area contributed by atoms with Gasteiger partial charge >= 0.3 is 0 Å². The average molecular weight is 221 g/mol. The smallest absolute Gasteiger partial charge is 0.0407 e. The van der Waals surface area contributed by atoms with Gasteiger partial charge in [-0.15, -0.1) is 0 Å². The van der Waals surface area contributed by atoms with E-state index in [1.54, 1.807) is 0 Å². The molecular formula is C15H27N. The summed E-state index contributed by atoms with van der Waals surface area (Å²) >= 11 is 0. The third-order valence-corrected chi connectivity index (χ3v) is 2.76.